The number of nitrogens with one attached hydrogen (secondary N) is 2. The highest BCUT2D eigenvalue weighted by molar-refractivity contribution is 7.99. The zero-order valence-electron chi connectivity index (χ0n) is 11.9. The van der Waals surface area contributed by atoms with Crippen molar-refractivity contribution >= 4 is 29.4 Å². The van der Waals surface area contributed by atoms with Crippen molar-refractivity contribution in [2.24, 2.45) is 5.73 Å². The summed E-state index contributed by atoms with van der Waals surface area (Å²) >= 11 is 0.809. The second-order valence-electron chi connectivity index (χ2n) is 4.53. The van der Waals surface area contributed by atoms with Crippen LogP contribution in [-0.4, -0.2) is 51.5 Å². The highest BCUT2D eigenvalue weighted by Gasteiger charge is 2.37. The molecule has 1 heterocycles. The average Bonchev–Trinajstić information content (AvgIpc) is 2.98. The van der Waals surface area contributed by atoms with Gasteiger partial charge in [0.1, 0.15) is 6.04 Å². The van der Waals surface area contributed by atoms with E-state index < -0.39 is 35.6 Å². The standard InChI is InChI=1S/C12H15F3N4O3S/c13-12(14,15)9(20)6-23-3-1-2-8(10(16)21)19-11(22)7-4-17-18-5-7/h4-5,8H,1-3,6H2,(H2,16,21)(H,17,18)(H,19,22)/t8-/m0/s1. The molecule has 0 fully saturated rings. The van der Waals surface area contributed by atoms with Crippen molar-refractivity contribution in [3.8, 4) is 0 Å². The number of carbonyl (C=O) groups excluding carboxylic acids is 3. The van der Waals surface area contributed by atoms with Crippen LogP contribution in [0.5, 0.6) is 0 Å². The minimum atomic E-state index is -4.83. The number of hydrogen-bond acceptors (Lipinski definition) is 5. The van der Waals surface area contributed by atoms with Crippen molar-refractivity contribution in [3.05, 3.63) is 18.0 Å². The Morgan fingerprint density at radius 2 is 2.09 bits per heavy atom. The fourth-order valence-corrected chi connectivity index (χ4v) is 2.40. The minimum Gasteiger partial charge on any atom is -0.368 e. The van der Waals surface area contributed by atoms with E-state index in [2.05, 4.69) is 15.5 Å². The summed E-state index contributed by atoms with van der Waals surface area (Å²) in [7, 11) is 0. The fraction of sp³-hybridized carbons (Fsp3) is 0.500. The number of aromatic nitrogens is 2. The lowest BCUT2D eigenvalue weighted by molar-refractivity contribution is -0.167. The smallest absolute Gasteiger partial charge is 0.368 e. The molecule has 0 aliphatic rings. The molecule has 0 saturated heterocycles. The lowest BCUT2D eigenvalue weighted by atomic mass is 10.1. The third kappa shape index (κ3) is 6.72. The Morgan fingerprint density at radius 1 is 1.39 bits per heavy atom. The molecule has 128 valence electrons. The molecule has 23 heavy (non-hydrogen) atoms. The van der Waals surface area contributed by atoms with E-state index in [0.717, 1.165) is 11.8 Å². The number of alkyl halides is 3. The lowest BCUT2D eigenvalue weighted by Crippen LogP contribution is -2.44. The van der Waals surface area contributed by atoms with Crippen LogP contribution in [0.3, 0.4) is 0 Å². The van der Waals surface area contributed by atoms with Crippen molar-refractivity contribution in [2.75, 3.05) is 11.5 Å². The summed E-state index contributed by atoms with van der Waals surface area (Å²) in [5.74, 6) is -3.54. The van der Waals surface area contributed by atoms with Crippen molar-refractivity contribution < 1.29 is 27.6 Å². The quantitative estimate of drug-likeness (QED) is 0.564. The van der Waals surface area contributed by atoms with Crippen LogP contribution in [0, 0.1) is 0 Å². The van der Waals surface area contributed by atoms with Crippen LogP contribution in [0.15, 0.2) is 12.4 Å². The fourth-order valence-electron chi connectivity index (χ4n) is 1.54. The molecule has 0 aliphatic heterocycles. The van der Waals surface area contributed by atoms with E-state index >= 15 is 0 Å². The number of nitrogens with two attached hydrogens (primary N) is 1. The van der Waals surface area contributed by atoms with Crippen molar-refractivity contribution in [3.63, 3.8) is 0 Å². The minimum absolute atomic E-state index is 0.159. The van der Waals surface area contributed by atoms with Crippen LogP contribution in [0.25, 0.3) is 0 Å². The Labute approximate surface area is 133 Å². The number of H-pyrrole nitrogens is 1. The van der Waals surface area contributed by atoms with Crippen LogP contribution in [0.4, 0.5) is 13.2 Å². The highest BCUT2D eigenvalue weighted by Crippen LogP contribution is 2.19. The number of Topliss-reactive ketones (excluding diaryl/α,β-unsaturated/α-hetero) is 1. The summed E-state index contributed by atoms with van der Waals surface area (Å²) in [4.78, 5) is 33.7. The molecular weight excluding hydrogens is 337 g/mol. The lowest BCUT2D eigenvalue weighted by Gasteiger charge is -2.14. The second kappa shape index (κ2) is 8.56. The van der Waals surface area contributed by atoms with Gasteiger partial charge < -0.3 is 11.1 Å². The third-order valence-electron chi connectivity index (χ3n) is 2.74. The van der Waals surface area contributed by atoms with Crippen LogP contribution >= 0.6 is 11.8 Å². The number of halogens is 3. The Morgan fingerprint density at radius 3 is 2.61 bits per heavy atom. The molecule has 0 bridgehead atoms. The van der Waals surface area contributed by atoms with Gasteiger partial charge in [-0.15, -0.1) is 0 Å². The molecule has 7 nitrogen and oxygen atoms in total. The number of ketones is 1. The largest absolute Gasteiger partial charge is 0.450 e. The first-order chi connectivity index (χ1) is 10.7. The van der Waals surface area contributed by atoms with Crippen molar-refractivity contribution in [2.45, 2.75) is 25.1 Å². The van der Waals surface area contributed by atoms with E-state index in [1.165, 1.54) is 12.4 Å². The van der Waals surface area contributed by atoms with Gasteiger partial charge in [0.15, 0.2) is 0 Å². The Bertz CT molecular complexity index is 548. The molecule has 11 heteroatoms. The normalized spacial score (nSPS) is 12.7. The predicted molar refractivity (Wildman–Crippen MR) is 76.7 cm³/mol. The molecular formula is C12H15F3N4O3S. The topological polar surface area (TPSA) is 118 Å². The average molecular weight is 352 g/mol. The Balaban J connectivity index is 2.33. The summed E-state index contributed by atoms with van der Waals surface area (Å²) in [6.07, 6.45) is -1.75. The monoisotopic (exact) mass is 352 g/mol. The van der Waals surface area contributed by atoms with Gasteiger partial charge in [-0.3, -0.25) is 19.5 Å². The van der Waals surface area contributed by atoms with E-state index in [-0.39, 0.29) is 17.7 Å². The molecule has 0 radical (unpaired) electrons. The van der Waals surface area contributed by atoms with Crippen LogP contribution < -0.4 is 11.1 Å². The van der Waals surface area contributed by atoms with Crippen LogP contribution in [0.2, 0.25) is 0 Å². The summed E-state index contributed by atoms with van der Waals surface area (Å²) in [6, 6.07) is -0.948. The molecule has 0 aromatic carbocycles. The van der Waals surface area contributed by atoms with Crippen LogP contribution in [-0.2, 0) is 9.59 Å². The zero-order chi connectivity index (χ0) is 17.5. The molecule has 1 atom stereocenters. The molecule has 0 saturated carbocycles. The molecule has 4 N–H and O–H groups in total. The van der Waals surface area contributed by atoms with Gasteiger partial charge in [0, 0.05) is 6.20 Å². The molecule has 1 aromatic rings. The number of rotatable bonds is 9. The molecule has 0 spiro atoms. The predicted octanol–water partition coefficient (Wildman–Crippen LogP) is 0.638. The summed E-state index contributed by atoms with van der Waals surface area (Å²) in [5, 5.41) is 8.44. The first kappa shape index (κ1) is 19.0. The molecule has 0 unspecified atom stereocenters. The van der Waals surface area contributed by atoms with Gasteiger partial charge >= 0.3 is 6.18 Å². The van der Waals surface area contributed by atoms with Gasteiger partial charge in [-0.25, -0.2) is 0 Å². The first-order valence-electron chi connectivity index (χ1n) is 6.48. The van der Waals surface area contributed by atoms with Gasteiger partial charge in [0.05, 0.1) is 17.5 Å². The number of amides is 2. The maximum Gasteiger partial charge on any atom is 0.450 e. The summed E-state index contributed by atoms with van der Waals surface area (Å²) in [6.45, 7) is 0. The van der Waals surface area contributed by atoms with E-state index in [9.17, 15) is 27.6 Å². The van der Waals surface area contributed by atoms with Crippen LogP contribution in [0.1, 0.15) is 23.2 Å². The number of thioether (sulfide) groups is 1. The number of primary amides is 1. The van der Waals surface area contributed by atoms with E-state index in [4.69, 9.17) is 5.73 Å². The van der Waals surface area contributed by atoms with E-state index in [0.29, 0.717) is 6.42 Å². The van der Waals surface area contributed by atoms with Crippen molar-refractivity contribution in [1.29, 1.82) is 0 Å². The molecule has 1 rings (SSSR count). The third-order valence-corrected chi connectivity index (χ3v) is 3.78. The first-order valence-corrected chi connectivity index (χ1v) is 7.64. The molecule has 2 amide bonds. The maximum absolute atomic E-state index is 12.0. The zero-order valence-corrected chi connectivity index (χ0v) is 12.7. The van der Waals surface area contributed by atoms with Gasteiger partial charge in [0.25, 0.3) is 5.91 Å². The van der Waals surface area contributed by atoms with Gasteiger partial charge in [-0.1, -0.05) is 0 Å². The van der Waals surface area contributed by atoms with Gasteiger partial charge in [-0.2, -0.15) is 30.0 Å². The molecule has 1 aromatic heterocycles. The SMILES string of the molecule is NC(=O)[C@H](CCCSCC(=O)C(F)(F)F)NC(=O)c1cn[nH]c1. The van der Waals surface area contributed by atoms with Crippen molar-refractivity contribution in [1.82, 2.24) is 15.5 Å². The Hall–Kier alpha value is -2.04. The van der Waals surface area contributed by atoms with Gasteiger partial charge in [-0.05, 0) is 18.6 Å². The van der Waals surface area contributed by atoms with E-state index in [1.54, 1.807) is 0 Å². The maximum atomic E-state index is 12.0. The molecule has 0 aliphatic carbocycles. The number of aromatic amines is 1. The summed E-state index contributed by atoms with van der Waals surface area (Å²) in [5.41, 5.74) is 5.40. The highest BCUT2D eigenvalue weighted by atomic mass is 32.2. The number of nitrogens with zero attached hydrogens (tertiary/aromatic N) is 1. The van der Waals surface area contributed by atoms with Gasteiger partial charge in [0.2, 0.25) is 11.7 Å². The second-order valence-corrected chi connectivity index (χ2v) is 5.64. The Kier molecular flexibility index (Phi) is 7.07. The number of hydrogen-bond donors (Lipinski definition) is 3. The number of carbonyl (C=O) groups is 3. The summed E-state index contributed by atoms with van der Waals surface area (Å²) < 4.78 is 36.0. The van der Waals surface area contributed by atoms with E-state index in [1.807, 2.05) is 0 Å².